The lowest BCUT2D eigenvalue weighted by atomic mass is 9.96. The van der Waals surface area contributed by atoms with Crippen molar-refractivity contribution in [1.82, 2.24) is 15.5 Å². The zero-order chi connectivity index (χ0) is 17.5. The summed E-state index contributed by atoms with van der Waals surface area (Å²) in [5.41, 5.74) is 1.36. The average molecular weight is 345 g/mol. The zero-order valence-corrected chi connectivity index (χ0v) is 15.6. The van der Waals surface area contributed by atoms with Crippen molar-refractivity contribution in [3.8, 4) is 5.75 Å². The normalized spacial score (nSPS) is 19.7. The highest BCUT2D eigenvalue weighted by Gasteiger charge is 2.23. The third kappa shape index (κ3) is 5.92. The molecule has 0 aromatic heterocycles. The molecule has 1 aromatic carbocycles. The van der Waals surface area contributed by atoms with Gasteiger partial charge >= 0.3 is 0 Å². The van der Waals surface area contributed by atoms with Crippen molar-refractivity contribution in [2.75, 3.05) is 33.3 Å². The van der Waals surface area contributed by atoms with Crippen LogP contribution < -0.4 is 15.4 Å². The minimum Gasteiger partial charge on any atom is -0.497 e. The molecule has 1 aromatic rings. The third-order valence-corrected chi connectivity index (χ3v) is 5.04. The Bertz CT molecular complexity index is 545. The van der Waals surface area contributed by atoms with Crippen LogP contribution in [0.5, 0.6) is 5.75 Å². The quantitative estimate of drug-likeness (QED) is 0.590. The van der Waals surface area contributed by atoms with Gasteiger partial charge in [-0.2, -0.15) is 0 Å². The Morgan fingerprint density at radius 2 is 1.88 bits per heavy atom. The molecule has 0 radical (unpaired) electrons. The number of nitrogens with one attached hydrogen (secondary N) is 2. The van der Waals surface area contributed by atoms with Crippen LogP contribution in [0.15, 0.2) is 29.3 Å². The van der Waals surface area contributed by atoms with Gasteiger partial charge in [-0.1, -0.05) is 12.1 Å². The van der Waals surface area contributed by atoms with Gasteiger partial charge in [-0.3, -0.25) is 9.89 Å². The summed E-state index contributed by atoms with van der Waals surface area (Å²) in [4.78, 5) is 7.36. The Balaban J connectivity index is 1.41. The predicted molar refractivity (Wildman–Crippen MR) is 103 cm³/mol. The van der Waals surface area contributed by atoms with E-state index in [1.165, 1.54) is 44.3 Å². The number of benzene rings is 1. The van der Waals surface area contributed by atoms with E-state index in [-0.39, 0.29) is 0 Å². The standard InChI is InChI=1S/C20H32N4O/c1-3-21-20(23-18-6-7-18)22-14-16-10-12-24(13-11-16)15-17-4-8-19(25-2)9-5-17/h4-5,8-9,16,18H,3,6-7,10-15H2,1-2H3,(H2,21,22,23). The molecule has 25 heavy (non-hydrogen) atoms. The van der Waals surface area contributed by atoms with Crippen LogP contribution in [0, 0.1) is 5.92 Å². The van der Waals surface area contributed by atoms with Gasteiger partial charge in [-0.05, 0) is 69.3 Å². The van der Waals surface area contributed by atoms with Gasteiger partial charge in [0.2, 0.25) is 0 Å². The van der Waals surface area contributed by atoms with Gasteiger partial charge in [0, 0.05) is 25.7 Å². The second kappa shape index (κ2) is 9.09. The highest BCUT2D eigenvalue weighted by molar-refractivity contribution is 5.80. The SMILES string of the molecule is CCNC(=NCC1CCN(Cc2ccc(OC)cc2)CC1)NC1CC1. The maximum atomic E-state index is 5.23. The molecule has 1 saturated heterocycles. The molecular formula is C20H32N4O. The van der Waals surface area contributed by atoms with Crippen LogP contribution in [-0.4, -0.2) is 50.2 Å². The first-order valence-electron chi connectivity index (χ1n) is 9.67. The van der Waals surface area contributed by atoms with Crippen LogP contribution >= 0.6 is 0 Å². The fraction of sp³-hybridized carbons (Fsp3) is 0.650. The number of methoxy groups -OCH3 is 1. The minimum absolute atomic E-state index is 0.657. The molecule has 0 spiro atoms. The van der Waals surface area contributed by atoms with Crippen molar-refractivity contribution < 1.29 is 4.74 Å². The molecule has 1 aliphatic carbocycles. The number of ether oxygens (including phenoxy) is 1. The van der Waals surface area contributed by atoms with E-state index >= 15 is 0 Å². The lowest BCUT2D eigenvalue weighted by Gasteiger charge is -2.31. The zero-order valence-electron chi connectivity index (χ0n) is 15.6. The first-order chi connectivity index (χ1) is 12.3. The summed E-state index contributed by atoms with van der Waals surface area (Å²) in [6.07, 6.45) is 5.05. The molecule has 2 aliphatic rings. The van der Waals surface area contributed by atoms with Crippen LogP contribution in [-0.2, 0) is 6.54 Å². The smallest absolute Gasteiger partial charge is 0.191 e. The molecule has 5 heteroatoms. The lowest BCUT2D eigenvalue weighted by molar-refractivity contribution is 0.180. The maximum absolute atomic E-state index is 5.23. The van der Waals surface area contributed by atoms with E-state index in [0.717, 1.165) is 31.3 Å². The second-order valence-corrected chi connectivity index (χ2v) is 7.21. The molecule has 0 amide bonds. The average Bonchev–Trinajstić information content (AvgIpc) is 3.46. The van der Waals surface area contributed by atoms with E-state index in [2.05, 4.69) is 34.6 Å². The number of hydrogen-bond acceptors (Lipinski definition) is 3. The van der Waals surface area contributed by atoms with Crippen molar-refractivity contribution >= 4 is 5.96 Å². The lowest BCUT2D eigenvalue weighted by Crippen LogP contribution is -2.39. The number of guanidine groups is 1. The number of aliphatic imine (C=N–C) groups is 1. The highest BCUT2D eigenvalue weighted by Crippen LogP contribution is 2.21. The van der Waals surface area contributed by atoms with Crippen LogP contribution in [0.4, 0.5) is 0 Å². The molecule has 5 nitrogen and oxygen atoms in total. The Morgan fingerprint density at radius 1 is 1.16 bits per heavy atom. The van der Waals surface area contributed by atoms with Gasteiger partial charge in [-0.15, -0.1) is 0 Å². The summed E-state index contributed by atoms with van der Waals surface area (Å²) in [5.74, 6) is 2.64. The molecule has 1 aliphatic heterocycles. The number of piperidine rings is 1. The fourth-order valence-electron chi connectivity index (χ4n) is 3.28. The molecule has 0 unspecified atom stereocenters. The van der Waals surface area contributed by atoms with E-state index in [1.54, 1.807) is 7.11 Å². The number of nitrogens with zero attached hydrogens (tertiary/aromatic N) is 2. The van der Waals surface area contributed by atoms with E-state index < -0.39 is 0 Å². The Labute approximate surface area is 151 Å². The van der Waals surface area contributed by atoms with E-state index in [9.17, 15) is 0 Å². The predicted octanol–water partition coefficient (Wildman–Crippen LogP) is 2.62. The molecule has 3 rings (SSSR count). The van der Waals surface area contributed by atoms with Gasteiger partial charge in [0.25, 0.3) is 0 Å². The molecule has 2 N–H and O–H groups in total. The Morgan fingerprint density at radius 3 is 2.48 bits per heavy atom. The van der Waals surface area contributed by atoms with Gasteiger partial charge in [-0.25, -0.2) is 0 Å². The summed E-state index contributed by atoms with van der Waals surface area (Å²) >= 11 is 0. The van der Waals surface area contributed by atoms with E-state index in [1.807, 2.05) is 12.1 Å². The van der Waals surface area contributed by atoms with Crippen LogP contribution in [0.2, 0.25) is 0 Å². The van der Waals surface area contributed by atoms with Crippen LogP contribution in [0.1, 0.15) is 38.2 Å². The van der Waals surface area contributed by atoms with Crippen molar-refractivity contribution in [2.24, 2.45) is 10.9 Å². The maximum Gasteiger partial charge on any atom is 0.191 e. The van der Waals surface area contributed by atoms with Gasteiger partial charge < -0.3 is 15.4 Å². The third-order valence-electron chi connectivity index (χ3n) is 5.04. The summed E-state index contributed by atoms with van der Waals surface area (Å²) in [6, 6.07) is 9.09. The van der Waals surface area contributed by atoms with Crippen LogP contribution in [0.25, 0.3) is 0 Å². The number of rotatable bonds is 7. The molecule has 138 valence electrons. The molecule has 0 bridgehead atoms. The molecule has 0 atom stereocenters. The highest BCUT2D eigenvalue weighted by atomic mass is 16.5. The van der Waals surface area contributed by atoms with E-state index in [4.69, 9.17) is 9.73 Å². The first-order valence-corrected chi connectivity index (χ1v) is 9.67. The molecular weight excluding hydrogens is 312 g/mol. The molecule has 1 saturated carbocycles. The van der Waals surface area contributed by atoms with Gasteiger partial charge in [0.1, 0.15) is 5.75 Å². The van der Waals surface area contributed by atoms with Gasteiger partial charge in [0.15, 0.2) is 5.96 Å². The Hall–Kier alpha value is -1.75. The van der Waals surface area contributed by atoms with Crippen molar-refractivity contribution in [2.45, 2.75) is 45.2 Å². The van der Waals surface area contributed by atoms with Crippen molar-refractivity contribution in [1.29, 1.82) is 0 Å². The minimum atomic E-state index is 0.657. The van der Waals surface area contributed by atoms with Crippen LogP contribution in [0.3, 0.4) is 0 Å². The second-order valence-electron chi connectivity index (χ2n) is 7.21. The topological polar surface area (TPSA) is 48.9 Å². The monoisotopic (exact) mass is 344 g/mol. The first kappa shape index (κ1) is 18.1. The number of likely N-dealkylation sites (tertiary alicyclic amines) is 1. The van der Waals surface area contributed by atoms with Gasteiger partial charge in [0.05, 0.1) is 7.11 Å². The van der Waals surface area contributed by atoms with Crippen molar-refractivity contribution in [3.63, 3.8) is 0 Å². The molecule has 1 heterocycles. The Kier molecular flexibility index (Phi) is 6.56. The number of hydrogen-bond donors (Lipinski definition) is 2. The summed E-state index contributed by atoms with van der Waals surface area (Å²) in [7, 11) is 1.71. The fourth-order valence-corrected chi connectivity index (χ4v) is 3.28. The summed E-state index contributed by atoms with van der Waals surface area (Å²) < 4.78 is 5.23. The summed E-state index contributed by atoms with van der Waals surface area (Å²) in [5, 5.41) is 6.86. The summed E-state index contributed by atoms with van der Waals surface area (Å²) in [6.45, 7) is 7.36. The van der Waals surface area contributed by atoms with Crippen molar-refractivity contribution in [3.05, 3.63) is 29.8 Å². The van der Waals surface area contributed by atoms with E-state index in [0.29, 0.717) is 12.0 Å². The molecule has 2 fully saturated rings. The largest absolute Gasteiger partial charge is 0.497 e.